The van der Waals surface area contributed by atoms with Crippen LogP contribution in [0.1, 0.15) is 44.9 Å². The molecule has 1 aromatic heterocycles. The number of thioether (sulfide) groups is 1. The molecule has 5 nitrogen and oxygen atoms in total. The molecule has 1 aliphatic rings. The fourth-order valence-electron chi connectivity index (χ4n) is 3.06. The molecule has 0 unspecified atom stereocenters. The lowest BCUT2D eigenvalue weighted by Crippen LogP contribution is -2.22. The van der Waals surface area contributed by atoms with Gasteiger partial charge in [0.15, 0.2) is 0 Å². The van der Waals surface area contributed by atoms with E-state index >= 15 is 0 Å². The monoisotopic (exact) mass is 344 g/mol. The van der Waals surface area contributed by atoms with Crippen LogP contribution in [0.2, 0.25) is 0 Å². The molecule has 2 aromatic rings. The van der Waals surface area contributed by atoms with Crippen LogP contribution in [0.15, 0.2) is 35.5 Å². The lowest BCUT2D eigenvalue weighted by atomic mass is 10.0. The summed E-state index contributed by atoms with van der Waals surface area (Å²) in [6, 6.07) is 9.49. The standard InChI is InChI=1S/C18H24N4OS/c1-13(17(23)19-15-9-3-2-4-10-15)24-18-20-16(21-22-18)12-11-14-7-5-6-8-14/h2-4,9-10,13-14H,5-8,11-12H2,1H3,(H,19,23)(H,20,21,22)/t13-/m1/s1. The maximum absolute atomic E-state index is 12.2. The quantitative estimate of drug-likeness (QED) is 0.744. The third-order valence-electron chi connectivity index (χ3n) is 4.47. The molecule has 0 aliphatic heterocycles. The Balaban J connectivity index is 1.47. The number of para-hydroxylation sites is 1. The highest BCUT2D eigenvalue weighted by molar-refractivity contribution is 8.00. The number of aromatic nitrogens is 3. The van der Waals surface area contributed by atoms with Crippen molar-refractivity contribution in [2.45, 2.75) is 55.9 Å². The van der Waals surface area contributed by atoms with Gasteiger partial charge in [0, 0.05) is 12.1 Å². The molecule has 0 radical (unpaired) electrons. The minimum atomic E-state index is -0.247. The van der Waals surface area contributed by atoms with Crippen LogP contribution >= 0.6 is 11.8 Å². The first-order chi connectivity index (χ1) is 11.7. The van der Waals surface area contributed by atoms with Gasteiger partial charge in [-0.2, -0.15) is 0 Å². The van der Waals surface area contributed by atoms with Crippen molar-refractivity contribution in [3.63, 3.8) is 0 Å². The van der Waals surface area contributed by atoms with Crippen LogP contribution in [-0.2, 0) is 11.2 Å². The second-order valence-electron chi connectivity index (χ2n) is 6.37. The van der Waals surface area contributed by atoms with Crippen molar-refractivity contribution >= 4 is 23.4 Å². The summed E-state index contributed by atoms with van der Waals surface area (Å²) >= 11 is 1.38. The molecular weight excluding hydrogens is 320 g/mol. The predicted octanol–water partition coefficient (Wildman–Crippen LogP) is 4.05. The van der Waals surface area contributed by atoms with Crippen LogP contribution in [-0.4, -0.2) is 26.3 Å². The number of amides is 1. The van der Waals surface area contributed by atoms with E-state index in [0.717, 1.165) is 23.9 Å². The summed E-state index contributed by atoms with van der Waals surface area (Å²) < 4.78 is 0. The molecule has 0 bridgehead atoms. The van der Waals surface area contributed by atoms with E-state index < -0.39 is 0 Å². The Morgan fingerprint density at radius 3 is 2.83 bits per heavy atom. The van der Waals surface area contributed by atoms with Crippen molar-refractivity contribution in [2.75, 3.05) is 5.32 Å². The minimum Gasteiger partial charge on any atom is -0.325 e. The van der Waals surface area contributed by atoms with Gasteiger partial charge in [0.25, 0.3) is 0 Å². The summed E-state index contributed by atoms with van der Waals surface area (Å²) in [5, 5.41) is 10.6. The van der Waals surface area contributed by atoms with Crippen molar-refractivity contribution < 1.29 is 4.79 Å². The zero-order valence-corrected chi connectivity index (χ0v) is 14.8. The number of H-pyrrole nitrogens is 1. The van der Waals surface area contributed by atoms with E-state index in [2.05, 4.69) is 20.5 Å². The Bertz CT molecular complexity index is 652. The average Bonchev–Trinajstić information content (AvgIpc) is 3.25. The molecule has 6 heteroatoms. The van der Waals surface area contributed by atoms with E-state index in [1.807, 2.05) is 37.3 Å². The number of nitrogens with zero attached hydrogens (tertiary/aromatic N) is 2. The zero-order chi connectivity index (χ0) is 16.8. The van der Waals surface area contributed by atoms with E-state index in [4.69, 9.17) is 0 Å². The van der Waals surface area contributed by atoms with Gasteiger partial charge in [-0.05, 0) is 31.4 Å². The first-order valence-electron chi connectivity index (χ1n) is 8.64. The highest BCUT2D eigenvalue weighted by atomic mass is 32.2. The van der Waals surface area contributed by atoms with E-state index in [9.17, 15) is 4.79 Å². The second kappa shape index (κ2) is 8.33. The summed E-state index contributed by atoms with van der Waals surface area (Å²) in [5.41, 5.74) is 0.808. The topological polar surface area (TPSA) is 70.7 Å². The van der Waals surface area contributed by atoms with Gasteiger partial charge < -0.3 is 5.32 Å². The Labute approximate surface area is 147 Å². The molecule has 1 amide bonds. The fraction of sp³-hybridized carbons (Fsp3) is 0.500. The number of carbonyl (C=O) groups excluding carboxylic acids is 1. The molecular formula is C18H24N4OS. The van der Waals surface area contributed by atoms with E-state index in [1.54, 1.807) is 0 Å². The van der Waals surface area contributed by atoms with Crippen molar-refractivity contribution in [3.05, 3.63) is 36.2 Å². The van der Waals surface area contributed by atoms with Gasteiger partial charge in [0.2, 0.25) is 11.1 Å². The highest BCUT2D eigenvalue weighted by Gasteiger charge is 2.18. The van der Waals surface area contributed by atoms with Crippen LogP contribution < -0.4 is 5.32 Å². The zero-order valence-electron chi connectivity index (χ0n) is 14.0. The van der Waals surface area contributed by atoms with E-state index in [1.165, 1.54) is 43.9 Å². The molecule has 2 N–H and O–H groups in total. The average molecular weight is 344 g/mol. The molecule has 1 saturated carbocycles. The summed E-state index contributed by atoms with van der Waals surface area (Å²) in [5.74, 6) is 1.74. The summed E-state index contributed by atoms with van der Waals surface area (Å²) in [6.45, 7) is 1.87. The lowest BCUT2D eigenvalue weighted by Gasteiger charge is -2.09. The fourth-order valence-corrected chi connectivity index (χ4v) is 3.80. The number of carbonyl (C=O) groups is 1. The lowest BCUT2D eigenvalue weighted by molar-refractivity contribution is -0.115. The van der Waals surface area contributed by atoms with Crippen molar-refractivity contribution in [1.29, 1.82) is 0 Å². The number of nitrogens with one attached hydrogen (secondary N) is 2. The molecule has 128 valence electrons. The summed E-state index contributed by atoms with van der Waals surface area (Å²) in [7, 11) is 0. The summed E-state index contributed by atoms with van der Waals surface area (Å²) in [6.07, 6.45) is 7.58. The number of aromatic amines is 1. The maximum atomic E-state index is 12.2. The Kier molecular flexibility index (Phi) is 5.91. The number of anilines is 1. The van der Waals surface area contributed by atoms with Crippen LogP contribution in [0.3, 0.4) is 0 Å². The number of hydrogen-bond acceptors (Lipinski definition) is 4. The van der Waals surface area contributed by atoms with Gasteiger partial charge in [-0.25, -0.2) is 4.98 Å². The number of benzene rings is 1. The Morgan fingerprint density at radius 1 is 1.33 bits per heavy atom. The molecule has 3 rings (SSSR count). The molecule has 1 aromatic carbocycles. The number of hydrogen-bond donors (Lipinski definition) is 2. The molecule has 1 aliphatic carbocycles. The smallest absolute Gasteiger partial charge is 0.237 e. The second-order valence-corrected chi connectivity index (χ2v) is 7.68. The third kappa shape index (κ3) is 4.84. The Morgan fingerprint density at radius 2 is 2.08 bits per heavy atom. The molecule has 24 heavy (non-hydrogen) atoms. The number of rotatable bonds is 7. The van der Waals surface area contributed by atoms with Crippen LogP contribution in [0.25, 0.3) is 0 Å². The first-order valence-corrected chi connectivity index (χ1v) is 9.52. The SMILES string of the molecule is C[C@@H](Sc1n[nH]c(CCC2CCCC2)n1)C(=O)Nc1ccccc1. The molecule has 1 fully saturated rings. The minimum absolute atomic E-state index is 0.0384. The van der Waals surface area contributed by atoms with E-state index in [-0.39, 0.29) is 11.2 Å². The van der Waals surface area contributed by atoms with Crippen molar-refractivity contribution in [2.24, 2.45) is 5.92 Å². The van der Waals surface area contributed by atoms with Gasteiger partial charge in [-0.15, -0.1) is 5.10 Å². The molecule has 0 saturated heterocycles. The van der Waals surface area contributed by atoms with Crippen molar-refractivity contribution in [3.8, 4) is 0 Å². The predicted molar refractivity (Wildman–Crippen MR) is 97.1 cm³/mol. The van der Waals surface area contributed by atoms with Gasteiger partial charge in [0.1, 0.15) is 5.82 Å². The highest BCUT2D eigenvalue weighted by Crippen LogP contribution is 2.28. The largest absolute Gasteiger partial charge is 0.325 e. The first kappa shape index (κ1) is 17.0. The molecule has 1 heterocycles. The maximum Gasteiger partial charge on any atom is 0.237 e. The van der Waals surface area contributed by atoms with Crippen molar-refractivity contribution in [1.82, 2.24) is 15.2 Å². The van der Waals surface area contributed by atoms with Crippen LogP contribution in [0, 0.1) is 5.92 Å². The van der Waals surface area contributed by atoms with Gasteiger partial charge in [0.05, 0.1) is 5.25 Å². The summed E-state index contributed by atoms with van der Waals surface area (Å²) in [4.78, 5) is 16.7. The number of aryl methyl sites for hydroxylation is 1. The van der Waals surface area contributed by atoms with E-state index in [0.29, 0.717) is 5.16 Å². The third-order valence-corrected chi connectivity index (χ3v) is 5.43. The van der Waals surface area contributed by atoms with Crippen LogP contribution in [0.4, 0.5) is 5.69 Å². The van der Waals surface area contributed by atoms with Crippen LogP contribution in [0.5, 0.6) is 0 Å². The Hall–Kier alpha value is -1.82. The molecule has 1 atom stereocenters. The van der Waals surface area contributed by atoms with Gasteiger partial charge in [-0.3, -0.25) is 9.89 Å². The molecule has 0 spiro atoms. The normalized spacial score (nSPS) is 16.2. The van der Waals surface area contributed by atoms with Gasteiger partial charge in [-0.1, -0.05) is 55.6 Å². The van der Waals surface area contributed by atoms with Gasteiger partial charge >= 0.3 is 0 Å².